The fourth-order valence-corrected chi connectivity index (χ4v) is 5.53. The van der Waals surface area contributed by atoms with Crippen LogP contribution < -0.4 is 10.5 Å². The fraction of sp³-hybridized carbons (Fsp3) is 0.500. The predicted octanol–water partition coefficient (Wildman–Crippen LogP) is 2.77. The SMILES string of the molecule is CCOCCCN1C(=O)/C(=C/c2c(N3CCN(CC)CC3)nc3c(C)cccn3c2=O)SC1=S. The number of likely N-dealkylation sites (N-methyl/N-ethyl adjacent to an activating group) is 1. The number of aryl methyl sites for hydroxylation is 1. The molecule has 4 heterocycles. The molecule has 2 fully saturated rings. The summed E-state index contributed by atoms with van der Waals surface area (Å²) in [6, 6.07) is 3.79. The molecule has 2 aliphatic heterocycles. The van der Waals surface area contributed by atoms with E-state index in [1.165, 1.54) is 11.8 Å². The Morgan fingerprint density at radius 3 is 2.68 bits per heavy atom. The van der Waals surface area contributed by atoms with Crippen LogP contribution in [-0.2, 0) is 9.53 Å². The monoisotopic (exact) mass is 501 g/mol. The average Bonchev–Trinajstić information content (AvgIpc) is 3.11. The third kappa shape index (κ3) is 5.05. The lowest BCUT2D eigenvalue weighted by molar-refractivity contribution is -0.122. The zero-order valence-corrected chi connectivity index (χ0v) is 21.6. The molecular formula is C24H31N5O3S2. The van der Waals surface area contributed by atoms with Gasteiger partial charge in [0.15, 0.2) is 0 Å². The highest BCUT2D eigenvalue weighted by molar-refractivity contribution is 8.26. The smallest absolute Gasteiger partial charge is 0.267 e. The minimum Gasteiger partial charge on any atom is -0.382 e. The van der Waals surface area contributed by atoms with Gasteiger partial charge in [-0.3, -0.25) is 18.9 Å². The van der Waals surface area contributed by atoms with Crippen LogP contribution in [0.1, 0.15) is 31.4 Å². The van der Waals surface area contributed by atoms with Crippen LogP contribution in [0.25, 0.3) is 11.7 Å². The highest BCUT2D eigenvalue weighted by atomic mass is 32.2. The summed E-state index contributed by atoms with van der Waals surface area (Å²) in [5, 5.41) is 0. The Morgan fingerprint density at radius 1 is 1.21 bits per heavy atom. The second-order valence-electron chi connectivity index (χ2n) is 8.34. The molecule has 0 unspecified atom stereocenters. The number of pyridine rings is 1. The summed E-state index contributed by atoms with van der Waals surface area (Å²) < 4.78 is 7.46. The Balaban J connectivity index is 1.72. The second-order valence-corrected chi connectivity index (χ2v) is 10.0. The largest absolute Gasteiger partial charge is 0.382 e. The fourth-order valence-electron chi connectivity index (χ4n) is 4.24. The van der Waals surface area contributed by atoms with Crippen molar-refractivity contribution in [3.05, 3.63) is 44.7 Å². The van der Waals surface area contributed by atoms with E-state index in [0.29, 0.717) is 52.4 Å². The van der Waals surface area contributed by atoms with Gasteiger partial charge in [-0.25, -0.2) is 4.98 Å². The normalized spacial score (nSPS) is 18.6. The maximum atomic E-state index is 13.6. The second kappa shape index (κ2) is 11.0. The van der Waals surface area contributed by atoms with Crippen molar-refractivity contribution in [2.45, 2.75) is 27.2 Å². The number of thioether (sulfide) groups is 1. The van der Waals surface area contributed by atoms with Crippen molar-refractivity contribution in [2.24, 2.45) is 0 Å². The first-order valence-corrected chi connectivity index (χ1v) is 13.0. The maximum Gasteiger partial charge on any atom is 0.267 e. The number of ether oxygens (including phenoxy) is 1. The summed E-state index contributed by atoms with van der Waals surface area (Å²) >= 11 is 6.71. The number of hydrogen-bond acceptors (Lipinski definition) is 8. The number of fused-ring (bicyclic) bond motifs is 1. The van der Waals surface area contributed by atoms with E-state index in [9.17, 15) is 9.59 Å². The molecule has 182 valence electrons. The van der Waals surface area contributed by atoms with E-state index in [4.69, 9.17) is 21.9 Å². The van der Waals surface area contributed by atoms with Gasteiger partial charge in [-0.15, -0.1) is 0 Å². The lowest BCUT2D eigenvalue weighted by Crippen LogP contribution is -2.47. The van der Waals surface area contributed by atoms with Crippen molar-refractivity contribution in [1.29, 1.82) is 0 Å². The summed E-state index contributed by atoms with van der Waals surface area (Å²) in [5.74, 6) is 0.471. The number of carbonyl (C=O) groups excluding carboxylic acids is 1. The first-order valence-electron chi connectivity index (χ1n) is 11.8. The van der Waals surface area contributed by atoms with Gasteiger partial charge in [0.1, 0.15) is 15.8 Å². The van der Waals surface area contributed by atoms with Gasteiger partial charge in [-0.1, -0.05) is 37.0 Å². The van der Waals surface area contributed by atoms with Gasteiger partial charge in [0, 0.05) is 52.1 Å². The lowest BCUT2D eigenvalue weighted by atomic mass is 10.2. The zero-order chi connectivity index (χ0) is 24.2. The van der Waals surface area contributed by atoms with E-state index in [-0.39, 0.29) is 11.5 Å². The molecule has 0 radical (unpaired) electrons. The van der Waals surface area contributed by atoms with Gasteiger partial charge < -0.3 is 14.5 Å². The van der Waals surface area contributed by atoms with Crippen molar-refractivity contribution < 1.29 is 9.53 Å². The van der Waals surface area contributed by atoms with Gasteiger partial charge in [0.25, 0.3) is 11.5 Å². The van der Waals surface area contributed by atoms with Crippen LogP contribution in [0.4, 0.5) is 5.82 Å². The molecule has 0 bridgehead atoms. The van der Waals surface area contributed by atoms with Gasteiger partial charge in [0.05, 0.1) is 10.5 Å². The number of hydrogen-bond donors (Lipinski definition) is 0. The number of piperazine rings is 1. The summed E-state index contributed by atoms with van der Waals surface area (Å²) in [7, 11) is 0. The Labute approximate surface area is 209 Å². The van der Waals surface area contributed by atoms with Gasteiger partial charge in [-0.05, 0) is 44.5 Å². The van der Waals surface area contributed by atoms with Gasteiger partial charge in [0.2, 0.25) is 0 Å². The molecule has 0 N–H and O–H groups in total. The van der Waals surface area contributed by atoms with Crippen LogP contribution in [-0.4, -0.2) is 81.9 Å². The van der Waals surface area contributed by atoms with Gasteiger partial charge in [-0.2, -0.15) is 0 Å². The molecule has 2 saturated heterocycles. The van der Waals surface area contributed by atoms with E-state index in [1.807, 2.05) is 26.0 Å². The topological polar surface area (TPSA) is 70.4 Å². The number of aromatic nitrogens is 2. The molecule has 0 spiro atoms. The molecule has 2 aliphatic rings. The van der Waals surface area contributed by atoms with Crippen molar-refractivity contribution in [1.82, 2.24) is 19.2 Å². The summed E-state index contributed by atoms with van der Waals surface area (Å²) in [6.07, 6.45) is 4.13. The molecule has 0 aromatic carbocycles. The molecule has 0 atom stereocenters. The van der Waals surface area contributed by atoms with Crippen LogP contribution in [0, 0.1) is 6.92 Å². The van der Waals surface area contributed by atoms with E-state index in [1.54, 1.807) is 21.6 Å². The Hall–Kier alpha value is -2.27. The molecular weight excluding hydrogens is 470 g/mol. The van der Waals surface area contributed by atoms with Crippen molar-refractivity contribution >= 4 is 51.7 Å². The van der Waals surface area contributed by atoms with Crippen LogP contribution in [0.15, 0.2) is 28.0 Å². The highest BCUT2D eigenvalue weighted by Crippen LogP contribution is 2.33. The third-order valence-corrected chi connectivity index (χ3v) is 7.58. The number of carbonyl (C=O) groups is 1. The number of nitrogens with zero attached hydrogens (tertiary/aromatic N) is 5. The molecule has 1 amide bonds. The van der Waals surface area contributed by atoms with E-state index < -0.39 is 0 Å². The van der Waals surface area contributed by atoms with E-state index in [0.717, 1.165) is 38.3 Å². The van der Waals surface area contributed by atoms with Crippen molar-refractivity contribution in [2.75, 3.05) is 57.4 Å². The Morgan fingerprint density at radius 2 is 1.97 bits per heavy atom. The molecule has 8 nitrogen and oxygen atoms in total. The standard InChI is InChI=1S/C24H31N5O3S2/c1-4-26-11-13-27(14-12-26)21-18(22(30)28-9-6-8-17(3)20(28)25-21)16-19-23(31)29(24(33)34-19)10-7-15-32-5-2/h6,8-9,16H,4-5,7,10-15H2,1-3H3/b19-16-. The predicted molar refractivity (Wildman–Crippen MR) is 142 cm³/mol. The lowest BCUT2D eigenvalue weighted by Gasteiger charge is -2.35. The minimum atomic E-state index is -0.178. The van der Waals surface area contributed by atoms with E-state index >= 15 is 0 Å². The van der Waals surface area contributed by atoms with Crippen LogP contribution in [0.2, 0.25) is 0 Å². The van der Waals surface area contributed by atoms with Gasteiger partial charge >= 0.3 is 0 Å². The summed E-state index contributed by atoms with van der Waals surface area (Å²) in [5.41, 5.74) is 1.83. The molecule has 10 heteroatoms. The highest BCUT2D eigenvalue weighted by Gasteiger charge is 2.33. The van der Waals surface area contributed by atoms with Crippen molar-refractivity contribution in [3.8, 4) is 0 Å². The number of thiocarbonyl (C=S) groups is 1. The minimum absolute atomic E-state index is 0.165. The van der Waals surface area contributed by atoms with Crippen LogP contribution in [0.3, 0.4) is 0 Å². The number of amides is 1. The zero-order valence-electron chi connectivity index (χ0n) is 20.0. The molecule has 2 aromatic rings. The molecule has 0 saturated carbocycles. The molecule has 2 aromatic heterocycles. The molecule has 34 heavy (non-hydrogen) atoms. The molecule has 4 rings (SSSR count). The molecule has 0 aliphatic carbocycles. The summed E-state index contributed by atoms with van der Waals surface area (Å²) in [6.45, 7) is 12.2. The third-order valence-electron chi connectivity index (χ3n) is 6.21. The first kappa shape index (κ1) is 24.8. The quantitative estimate of drug-likeness (QED) is 0.311. The Kier molecular flexibility index (Phi) is 8.02. The Bertz CT molecular complexity index is 1170. The van der Waals surface area contributed by atoms with Crippen LogP contribution in [0.5, 0.6) is 0 Å². The average molecular weight is 502 g/mol. The number of anilines is 1. The first-order chi connectivity index (χ1) is 16.4. The van der Waals surface area contributed by atoms with Crippen molar-refractivity contribution in [3.63, 3.8) is 0 Å². The summed E-state index contributed by atoms with van der Waals surface area (Å²) in [4.78, 5) is 38.3. The number of rotatable bonds is 8. The maximum absolute atomic E-state index is 13.6. The van der Waals surface area contributed by atoms with E-state index in [2.05, 4.69) is 16.7 Å². The van der Waals surface area contributed by atoms with Crippen LogP contribution >= 0.6 is 24.0 Å².